The lowest BCUT2D eigenvalue weighted by Crippen LogP contribution is -2.02. The van der Waals surface area contributed by atoms with Crippen LogP contribution in [-0.2, 0) is 9.59 Å². The standard InChI is InChI=1S/C19H18O6/c1-12(20)25-15-7-4-13(5-8-15)10-16(19(21)22)14-6-9-17(23-2)18(11-14)24-3/h4-11H,1-3H3,(H,21,22)/b16-10-. The predicted molar refractivity (Wildman–Crippen MR) is 92.8 cm³/mol. The number of methoxy groups -OCH3 is 2. The fourth-order valence-electron chi connectivity index (χ4n) is 2.24. The molecule has 0 saturated heterocycles. The van der Waals surface area contributed by atoms with E-state index >= 15 is 0 Å². The fraction of sp³-hybridized carbons (Fsp3) is 0.158. The number of carboxylic acid groups (broad SMARTS) is 1. The quantitative estimate of drug-likeness (QED) is 0.375. The number of hydrogen-bond donors (Lipinski definition) is 1. The van der Waals surface area contributed by atoms with E-state index in [4.69, 9.17) is 14.2 Å². The number of ether oxygens (including phenoxy) is 3. The van der Waals surface area contributed by atoms with Crippen molar-refractivity contribution >= 4 is 23.6 Å². The summed E-state index contributed by atoms with van der Waals surface area (Å²) in [5.74, 6) is -0.136. The van der Waals surface area contributed by atoms with E-state index in [1.807, 2.05) is 0 Å². The van der Waals surface area contributed by atoms with Gasteiger partial charge in [0, 0.05) is 6.92 Å². The number of carbonyl (C=O) groups is 2. The van der Waals surface area contributed by atoms with Crippen molar-refractivity contribution in [1.29, 1.82) is 0 Å². The van der Waals surface area contributed by atoms with Gasteiger partial charge in [0.25, 0.3) is 0 Å². The van der Waals surface area contributed by atoms with Crippen molar-refractivity contribution in [3.05, 3.63) is 53.6 Å². The molecule has 0 bridgehead atoms. The maximum Gasteiger partial charge on any atom is 0.336 e. The van der Waals surface area contributed by atoms with Gasteiger partial charge in [-0.05, 0) is 41.5 Å². The van der Waals surface area contributed by atoms with Crippen molar-refractivity contribution in [3.63, 3.8) is 0 Å². The molecule has 0 fully saturated rings. The number of benzene rings is 2. The highest BCUT2D eigenvalue weighted by molar-refractivity contribution is 6.20. The normalized spacial score (nSPS) is 10.9. The average molecular weight is 342 g/mol. The van der Waals surface area contributed by atoms with Gasteiger partial charge in [-0.3, -0.25) is 4.79 Å². The molecule has 6 heteroatoms. The first-order valence-corrected chi connectivity index (χ1v) is 7.40. The Hall–Kier alpha value is -3.28. The van der Waals surface area contributed by atoms with E-state index in [1.165, 1.54) is 27.2 Å². The monoisotopic (exact) mass is 342 g/mol. The number of rotatable bonds is 6. The average Bonchev–Trinajstić information content (AvgIpc) is 2.59. The number of aliphatic carboxylic acids is 1. The molecule has 0 aromatic heterocycles. The summed E-state index contributed by atoms with van der Waals surface area (Å²) in [4.78, 5) is 22.6. The molecule has 1 N–H and O–H groups in total. The summed E-state index contributed by atoms with van der Waals surface area (Å²) < 4.78 is 15.3. The second-order valence-electron chi connectivity index (χ2n) is 5.10. The Morgan fingerprint density at radius 1 is 0.960 bits per heavy atom. The summed E-state index contributed by atoms with van der Waals surface area (Å²) in [7, 11) is 3.00. The summed E-state index contributed by atoms with van der Waals surface area (Å²) in [5.41, 5.74) is 1.23. The molecule has 0 spiro atoms. The van der Waals surface area contributed by atoms with Crippen LogP contribution in [0.5, 0.6) is 17.2 Å². The lowest BCUT2D eigenvalue weighted by atomic mass is 10.0. The fourth-order valence-corrected chi connectivity index (χ4v) is 2.24. The molecule has 0 atom stereocenters. The molecule has 2 rings (SSSR count). The van der Waals surface area contributed by atoms with Crippen LogP contribution in [0.1, 0.15) is 18.1 Å². The van der Waals surface area contributed by atoms with Crippen LogP contribution >= 0.6 is 0 Å². The van der Waals surface area contributed by atoms with Crippen LogP contribution in [0, 0.1) is 0 Å². The molecule has 0 heterocycles. The summed E-state index contributed by atoms with van der Waals surface area (Å²) in [6.45, 7) is 1.31. The van der Waals surface area contributed by atoms with Gasteiger partial charge in [0.15, 0.2) is 11.5 Å². The zero-order chi connectivity index (χ0) is 18.4. The van der Waals surface area contributed by atoms with Crippen LogP contribution < -0.4 is 14.2 Å². The Morgan fingerprint density at radius 3 is 2.12 bits per heavy atom. The maximum atomic E-state index is 11.7. The molecule has 0 aliphatic rings. The van der Waals surface area contributed by atoms with Gasteiger partial charge in [-0.25, -0.2) is 4.79 Å². The molecular formula is C19H18O6. The van der Waals surface area contributed by atoms with Gasteiger partial charge in [0.05, 0.1) is 19.8 Å². The molecule has 130 valence electrons. The van der Waals surface area contributed by atoms with Gasteiger partial charge in [0.1, 0.15) is 5.75 Å². The highest BCUT2D eigenvalue weighted by Gasteiger charge is 2.14. The molecule has 0 amide bonds. The number of esters is 1. The van der Waals surface area contributed by atoms with E-state index < -0.39 is 11.9 Å². The highest BCUT2D eigenvalue weighted by Crippen LogP contribution is 2.31. The van der Waals surface area contributed by atoms with Crippen molar-refractivity contribution in [3.8, 4) is 17.2 Å². The van der Waals surface area contributed by atoms with Gasteiger partial charge >= 0.3 is 11.9 Å². The first-order chi connectivity index (χ1) is 11.9. The number of carbonyl (C=O) groups excluding carboxylic acids is 1. The summed E-state index contributed by atoms with van der Waals surface area (Å²) >= 11 is 0. The molecule has 2 aromatic rings. The van der Waals surface area contributed by atoms with Crippen LogP contribution in [-0.4, -0.2) is 31.3 Å². The Labute approximate surface area is 145 Å². The smallest absolute Gasteiger partial charge is 0.336 e. The Morgan fingerprint density at radius 2 is 1.60 bits per heavy atom. The summed E-state index contributed by atoms with van der Waals surface area (Å²) in [5, 5.41) is 9.54. The topological polar surface area (TPSA) is 82.1 Å². The molecule has 0 unspecified atom stereocenters. The van der Waals surface area contributed by atoms with Crippen molar-refractivity contribution in [1.82, 2.24) is 0 Å². The molecule has 0 aliphatic heterocycles. The summed E-state index contributed by atoms with van der Waals surface area (Å²) in [6.07, 6.45) is 1.53. The molecule has 6 nitrogen and oxygen atoms in total. The first kappa shape index (κ1) is 18.1. The third-order valence-electron chi connectivity index (χ3n) is 3.38. The van der Waals surface area contributed by atoms with E-state index in [9.17, 15) is 14.7 Å². The van der Waals surface area contributed by atoms with Crippen molar-refractivity contribution in [2.45, 2.75) is 6.92 Å². The molecule has 0 aliphatic carbocycles. The lowest BCUT2D eigenvalue weighted by molar-refractivity contribution is -0.132. The second-order valence-corrected chi connectivity index (χ2v) is 5.10. The minimum Gasteiger partial charge on any atom is -0.493 e. The van der Waals surface area contributed by atoms with Crippen molar-refractivity contribution in [2.24, 2.45) is 0 Å². The van der Waals surface area contributed by atoms with Crippen LogP contribution in [0.2, 0.25) is 0 Å². The van der Waals surface area contributed by atoms with Gasteiger partial charge in [-0.1, -0.05) is 18.2 Å². The molecule has 0 saturated carbocycles. The number of carboxylic acids is 1. The van der Waals surface area contributed by atoms with Crippen LogP contribution in [0.15, 0.2) is 42.5 Å². The Kier molecular flexibility index (Phi) is 5.79. The Balaban J connectivity index is 2.39. The van der Waals surface area contributed by atoms with E-state index in [0.29, 0.717) is 28.4 Å². The minimum absolute atomic E-state index is 0.0983. The van der Waals surface area contributed by atoms with Crippen LogP contribution in [0.3, 0.4) is 0 Å². The molecule has 25 heavy (non-hydrogen) atoms. The third kappa shape index (κ3) is 4.60. The van der Waals surface area contributed by atoms with Crippen molar-refractivity contribution < 1.29 is 28.9 Å². The predicted octanol–water partition coefficient (Wildman–Crippen LogP) is 3.25. The van der Waals surface area contributed by atoms with Gasteiger partial charge in [-0.2, -0.15) is 0 Å². The van der Waals surface area contributed by atoms with E-state index in [1.54, 1.807) is 42.5 Å². The van der Waals surface area contributed by atoms with Crippen LogP contribution in [0.4, 0.5) is 0 Å². The first-order valence-electron chi connectivity index (χ1n) is 7.40. The van der Waals surface area contributed by atoms with Crippen molar-refractivity contribution in [2.75, 3.05) is 14.2 Å². The maximum absolute atomic E-state index is 11.7. The minimum atomic E-state index is -1.07. The Bertz CT molecular complexity index is 805. The van der Waals surface area contributed by atoms with E-state index in [0.717, 1.165) is 0 Å². The van der Waals surface area contributed by atoms with Gasteiger partial charge in [-0.15, -0.1) is 0 Å². The van der Waals surface area contributed by atoms with E-state index in [-0.39, 0.29) is 5.57 Å². The van der Waals surface area contributed by atoms with E-state index in [2.05, 4.69) is 0 Å². The molecule has 0 radical (unpaired) electrons. The van der Waals surface area contributed by atoms with Crippen LogP contribution in [0.25, 0.3) is 11.6 Å². The van der Waals surface area contributed by atoms with Gasteiger partial charge in [0.2, 0.25) is 0 Å². The second kappa shape index (κ2) is 8.01. The molecule has 2 aromatic carbocycles. The largest absolute Gasteiger partial charge is 0.493 e. The lowest BCUT2D eigenvalue weighted by Gasteiger charge is -2.10. The zero-order valence-corrected chi connectivity index (χ0v) is 14.1. The van der Waals surface area contributed by atoms with Gasteiger partial charge < -0.3 is 19.3 Å². The number of hydrogen-bond acceptors (Lipinski definition) is 5. The molecular weight excluding hydrogens is 324 g/mol. The summed E-state index contributed by atoms with van der Waals surface area (Å²) in [6, 6.07) is 11.4. The zero-order valence-electron chi connectivity index (χ0n) is 14.1. The SMILES string of the molecule is COc1ccc(/C(=C/c2ccc(OC(C)=O)cc2)C(=O)O)cc1OC. The third-order valence-corrected chi connectivity index (χ3v) is 3.38. The highest BCUT2D eigenvalue weighted by atomic mass is 16.5.